The van der Waals surface area contributed by atoms with Crippen molar-refractivity contribution in [2.75, 3.05) is 5.32 Å². The van der Waals surface area contributed by atoms with Gasteiger partial charge in [-0.1, -0.05) is 62.7 Å². The lowest BCUT2D eigenvalue weighted by atomic mass is 10.1. The molecule has 0 radical (unpaired) electrons. The van der Waals surface area contributed by atoms with Gasteiger partial charge < -0.3 is 0 Å². The van der Waals surface area contributed by atoms with Gasteiger partial charge in [-0.3, -0.25) is 10.1 Å². The topological polar surface area (TPSA) is 42.0 Å². The van der Waals surface area contributed by atoms with Crippen molar-refractivity contribution in [1.82, 2.24) is 4.98 Å². The van der Waals surface area contributed by atoms with Crippen LogP contribution >= 0.6 is 22.7 Å². The van der Waals surface area contributed by atoms with Crippen LogP contribution in [0, 0.1) is 0 Å². The van der Waals surface area contributed by atoms with E-state index in [1.54, 1.807) is 11.3 Å². The lowest BCUT2D eigenvalue weighted by molar-refractivity contribution is 0.103. The van der Waals surface area contributed by atoms with E-state index in [2.05, 4.69) is 60.5 Å². The number of aryl methyl sites for hydroxylation is 2. The monoisotopic (exact) mass is 406 g/mol. The summed E-state index contributed by atoms with van der Waals surface area (Å²) in [5.41, 5.74) is 4.42. The molecule has 4 rings (SSSR count). The van der Waals surface area contributed by atoms with Crippen LogP contribution in [0.3, 0.4) is 0 Å². The van der Waals surface area contributed by atoms with Gasteiger partial charge >= 0.3 is 0 Å². The van der Waals surface area contributed by atoms with E-state index in [0.717, 1.165) is 45.7 Å². The number of carbonyl (C=O) groups is 1. The second-order valence-electron chi connectivity index (χ2n) is 6.70. The Morgan fingerprint density at radius 1 is 1.07 bits per heavy atom. The summed E-state index contributed by atoms with van der Waals surface area (Å²) in [4.78, 5) is 18.4. The van der Waals surface area contributed by atoms with Crippen LogP contribution in [0.5, 0.6) is 0 Å². The highest BCUT2D eigenvalue weighted by molar-refractivity contribution is 7.21. The van der Waals surface area contributed by atoms with Crippen LogP contribution in [0.4, 0.5) is 5.13 Å². The SMILES string of the molecule is CCCc1c(C(=O)Nc2nc(-c3ccc(CC)cc3)cs2)sc2ccccc12. The molecule has 28 heavy (non-hydrogen) atoms. The molecule has 0 saturated carbocycles. The van der Waals surface area contributed by atoms with Gasteiger partial charge in [0.15, 0.2) is 5.13 Å². The summed E-state index contributed by atoms with van der Waals surface area (Å²) in [7, 11) is 0. The van der Waals surface area contributed by atoms with Gasteiger partial charge in [-0.25, -0.2) is 4.98 Å². The average Bonchev–Trinajstić information content (AvgIpc) is 3.33. The highest BCUT2D eigenvalue weighted by Gasteiger charge is 2.19. The third-order valence-electron chi connectivity index (χ3n) is 4.79. The number of hydrogen-bond acceptors (Lipinski definition) is 4. The first-order chi connectivity index (χ1) is 13.7. The third-order valence-corrected chi connectivity index (χ3v) is 6.76. The quantitative estimate of drug-likeness (QED) is 0.383. The van der Waals surface area contributed by atoms with Crippen LogP contribution in [-0.4, -0.2) is 10.9 Å². The minimum Gasteiger partial charge on any atom is -0.297 e. The van der Waals surface area contributed by atoms with E-state index >= 15 is 0 Å². The summed E-state index contributed by atoms with van der Waals surface area (Å²) in [6, 6.07) is 16.7. The molecule has 0 aliphatic rings. The summed E-state index contributed by atoms with van der Waals surface area (Å²) in [6.07, 6.45) is 2.93. The van der Waals surface area contributed by atoms with Gasteiger partial charge in [0.1, 0.15) is 0 Å². The van der Waals surface area contributed by atoms with E-state index in [9.17, 15) is 4.79 Å². The minimum absolute atomic E-state index is 0.0631. The number of amides is 1. The molecule has 2 heterocycles. The fourth-order valence-electron chi connectivity index (χ4n) is 3.31. The lowest BCUT2D eigenvalue weighted by Crippen LogP contribution is -2.12. The molecule has 2 aromatic carbocycles. The van der Waals surface area contributed by atoms with Gasteiger partial charge in [0.25, 0.3) is 5.91 Å². The van der Waals surface area contributed by atoms with Crippen molar-refractivity contribution in [3.63, 3.8) is 0 Å². The Hall–Kier alpha value is -2.50. The molecule has 1 amide bonds. The van der Waals surface area contributed by atoms with Gasteiger partial charge in [-0.05, 0) is 35.4 Å². The first-order valence-electron chi connectivity index (χ1n) is 9.56. The first-order valence-corrected chi connectivity index (χ1v) is 11.3. The second-order valence-corrected chi connectivity index (χ2v) is 8.61. The number of benzene rings is 2. The van der Waals surface area contributed by atoms with Crippen LogP contribution < -0.4 is 5.32 Å². The smallest absolute Gasteiger partial charge is 0.267 e. The number of aromatic nitrogens is 1. The zero-order chi connectivity index (χ0) is 19.5. The molecule has 0 spiro atoms. The predicted molar refractivity (Wildman–Crippen MR) is 121 cm³/mol. The molecule has 0 atom stereocenters. The minimum atomic E-state index is -0.0631. The normalized spacial score (nSPS) is 11.1. The van der Waals surface area contributed by atoms with Crippen molar-refractivity contribution in [3.05, 3.63) is 69.9 Å². The van der Waals surface area contributed by atoms with Crippen molar-refractivity contribution < 1.29 is 4.79 Å². The van der Waals surface area contributed by atoms with Crippen molar-refractivity contribution in [1.29, 1.82) is 0 Å². The number of fused-ring (bicyclic) bond motifs is 1. The maximum Gasteiger partial charge on any atom is 0.267 e. The zero-order valence-electron chi connectivity index (χ0n) is 16.0. The van der Waals surface area contributed by atoms with E-state index in [1.807, 2.05) is 17.5 Å². The highest BCUT2D eigenvalue weighted by Crippen LogP contribution is 2.33. The molecule has 4 aromatic rings. The Labute approximate surface area is 173 Å². The fourth-order valence-corrected chi connectivity index (χ4v) is 5.17. The van der Waals surface area contributed by atoms with Gasteiger partial charge in [0, 0.05) is 15.6 Å². The summed E-state index contributed by atoms with van der Waals surface area (Å²) in [5.74, 6) is -0.0631. The van der Waals surface area contributed by atoms with Crippen LogP contribution in [0.25, 0.3) is 21.3 Å². The largest absolute Gasteiger partial charge is 0.297 e. The number of carbonyl (C=O) groups excluding carboxylic acids is 1. The maximum absolute atomic E-state index is 13.0. The van der Waals surface area contributed by atoms with E-state index in [0.29, 0.717) is 5.13 Å². The number of nitrogens with zero attached hydrogens (tertiary/aromatic N) is 1. The standard InChI is InChI=1S/C23H22N2OS2/c1-3-7-18-17-8-5-6-9-20(17)28-21(18)22(26)25-23-24-19(14-27-23)16-12-10-15(4-2)11-13-16/h5-6,8-14H,3-4,7H2,1-2H3,(H,24,25,26). The van der Waals surface area contributed by atoms with Crippen LogP contribution in [0.2, 0.25) is 0 Å². The van der Waals surface area contributed by atoms with Gasteiger partial charge in [0.05, 0.1) is 10.6 Å². The predicted octanol–water partition coefficient (Wildman–Crippen LogP) is 6.79. The Bertz CT molecular complexity index is 1110. The summed E-state index contributed by atoms with van der Waals surface area (Å²) < 4.78 is 1.16. The van der Waals surface area contributed by atoms with Gasteiger partial charge in [-0.2, -0.15) is 0 Å². The van der Waals surface area contributed by atoms with E-state index in [-0.39, 0.29) is 5.91 Å². The molecular weight excluding hydrogens is 384 g/mol. The Balaban J connectivity index is 1.58. The van der Waals surface area contributed by atoms with E-state index < -0.39 is 0 Å². The molecule has 0 unspecified atom stereocenters. The number of nitrogens with one attached hydrogen (secondary N) is 1. The van der Waals surface area contributed by atoms with Crippen LogP contribution in [-0.2, 0) is 12.8 Å². The number of thiophene rings is 1. The fraction of sp³-hybridized carbons (Fsp3) is 0.217. The highest BCUT2D eigenvalue weighted by atomic mass is 32.1. The van der Waals surface area contributed by atoms with Crippen LogP contribution in [0.15, 0.2) is 53.9 Å². The molecular formula is C23H22N2OS2. The number of thiazole rings is 1. The Morgan fingerprint density at radius 2 is 1.86 bits per heavy atom. The maximum atomic E-state index is 13.0. The average molecular weight is 407 g/mol. The second kappa shape index (κ2) is 8.25. The molecule has 142 valence electrons. The zero-order valence-corrected chi connectivity index (χ0v) is 17.6. The molecule has 2 aromatic heterocycles. The van der Waals surface area contributed by atoms with Crippen LogP contribution in [0.1, 0.15) is 41.1 Å². The number of anilines is 1. The summed E-state index contributed by atoms with van der Waals surface area (Å²) >= 11 is 3.03. The Kier molecular flexibility index (Phi) is 5.55. The number of hydrogen-bond donors (Lipinski definition) is 1. The Morgan fingerprint density at radius 3 is 2.61 bits per heavy atom. The van der Waals surface area contributed by atoms with Gasteiger partial charge in [0.2, 0.25) is 0 Å². The molecule has 5 heteroatoms. The molecule has 0 aliphatic heterocycles. The van der Waals surface area contributed by atoms with Gasteiger partial charge in [-0.15, -0.1) is 22.7 Å². The molecule has 0 fully saturated rings. The number of rotatable bonds is 6. The van der Waals surface area contributed by atoms with Crippen molar-refractivity contribution in [2.24, 2.45) is 0 Å². The van der Waals surface area contributed by atoms with E-state index in [1.165, 1.54) is 22.3 Å². The summed E-state index contributed by atoms with van der Waals surface area (Å²) in [6.45, 7) is 4.29. The van der Waals surface area contributed by atoms with Crippen molar-refractivity contribution in [3.8, 4) is 11.3 Å². The third kappa shape index (κ3) is 3.73. The lowest BCUT2D eigenvalue weighted by Gasteiger charge is -2.03. The first kappa shape index (κ1) is 18.8. The summed E-state index contributed by atoms with van der Waals surface area (Å²) in [5, 5.41) is 6.83. The molecule has 0 saturated heterocycles. The van der Waals surface area contributed by atoms with E-state index in [4.69, 9.17) is 0 Å². The molecule has 1 N–H and O–H groups in total. The molecule has 3 nitrogen and oxygen atoms in total. The van der Waals surface area contributed by atoms with Crippen molar-refractivity contribution in [2.45, 2.75) is 33.1 Å². The van der Waals surface area contributed by atoms with Crippen molar-refractivity contribution >= 4 is 43.8 Å². The molecule has 0 aliphatic carbocycles. The molecule has 0 bridgehead atoms.